The highest BCUT2D eigenvalue weighted by Gasteiger charge is 2.18. The van der Waals surface area contributed by atoms with Crippen molar-refractivity contribution >= 4 is 51.6 Å². The van der Waals surface area contributed by atoms with Gasteiger partial charge in [0.15, 0.2) is 0 Å². The van der Waals surface area contributed by atoms with Gasteiger partial charge in [0.05, 0.1) is 21.8 Å². The van der Waals surface area contributed by atoms with Gasteiger partial charge in [0.1, 0.15) is 0 Å². The molecule has 6 heteroatoms. The number of halogens is 2. The Labute approximate surface area is 142 Å². The second-order valence-corrected chi connectivity index (χ2v) is 5.87. The van der Waals surface area contributed by atoms with Crippen molar-refractivity contribution in [3.8, 4) is 0 Å². The Kier molecular flexibility index (Phi) is 4.11. The van der Waals surface area contributed by atoms with Crippen molar-refractivity contribution in [1.82, 2.24) is 4.57 Å². The lowest BCUT2D eigenvalue weighted by molar-refractivity contribution is 0.0941. The Morgan fingerprint density at radius 2 is 1.83 bits per heavy atom. The number of fused-ring (bicyclic) bond motifs is 1. The molecule has 1 N–H and O–H groups in total. The lowest BCUT2D eigenvalue weighted by atomic mass is 10.1. The summed E-state index contributed by atoms with van der Waals surface area (Å²) in [5.41, 5.74) is 1.49. The molecule has 0 fully saturated rings. The van der Waals surface area contributed by atoms with Gasteiger partial charge in [-0.05, 0) is 30.3 Å². The number of hydrogen-bond donors (Lipinski definition) is 1. The van der Waals surface area contributed by atoms with Crippen molar-refractivity contribution in [2.45, 2.75) is 6.92 Å². The van der Waals surface area contributed by atoms with E-state index in [-0.39, 0.29) is 11.8 Å². The number of carbonyl (C=O) groups is 2. The molecule has 0 saturated carbocycles. The number of rotatable bonds is 2. The zero-order chi connectivity index (χ0) is 16.6. The summed E-state index contributed by atoms with van der Waals surface area (Å²) in [5, 5.41) is 4.29. The molecule has 0 unspecified atom stereocenters. The van der Waals surface area contributed by atoms with E-state index in [0.29, 0.717) is 32.2 Å². The largest absolute Gasteiger partial charge is 0.321 e. The molecule has 4 nitrogen and oxygen atoms in total. The van der Waals surface area contributed by atoms with Gasteiger partial charge in [-0.3, -0.25) is 14.2 Å². The summed E-state index contributed by atoms with van der Waals surface area (Å²) < 4.78 is 1.42. The standard InChI is InChI=1S/C17H12Cl2N2O2/c1-10(22)21-9-13(12-8-11(18)6-7-16(12)21)17(23)20-15-5-3-2-4-14(15)19/h2-9H,1H3,(H,20,23). The van der Waals surface area contributed by atoms with Crippen LogP contribution in [0.4, 0.5) is 5.69 Å². The van der Waals surface area contributed by atoms with Crippen LogP contribution in [0.2, 0.25) is 10.0 Å². The Hall–Kier alpha value is -2.30. The Morgan fingerprint density at radius 3 is 2.52 bits per heavy atom. The van der Waals surface area contributed by atoms with Crippen molar-refractivity contribution in [2.24, 2.45) is 0 Å². The van der Waals surface area contributed by atoms with Gasteiger partial charge < -0.3 is 5.32 Å². The Balaban J connectivity index is 2.08. The first-order chi connectivity index (χ1) is 11.0. The average molecular weight is 347 g/mol. The second-order valence-electron chi connectivity index (χ2n) is 5.03. The maximum absolute atomic E-state index is 12.6. The lowest BCUT2D eigenvalue weighted by Crippen LogP contribution is -2.12. The lowest BCUT2D eigenvalue weighted by Gasteiger charge is -2.06. The number of benzene rings is 2. The fraction of sp³-hybridized carbons (Fsp3) is 0.0588. The van der Waals surface area contributed by atoms with E-state index in [2.05, 4.69) is 5.32 Å². The van der Waals surface area contributed by atoms with Gasteiger partial charge in [0.25, 0.3) is 5.91 Å². The number of nitrogens with zero attached hydrogens (tertiary/aromatic N) is 1. The van der Waals surface area contributed by atoms with Crippen LogP contribution in [0.1, 0.15) is 22.1 Å². The van der Waals surface area contributed by atoms with Crippen LogP contribution in [0.15, 0.2) is 48.7 Å². The van der Waals surface area contributed by atoms with E-state index in [1.807, 2.05) is 0 Å². The number of nitrogens with one attached hydrogen (secondary N) is 1. The molecular formula is C17H12Cl2N2O2. The van der Waals surface area contributed by atoms with Gasteiger partial charge in [-0.25, -0.2) is 0 Å². The molecule has 0 bridgehead atoms. The highest BCUT2D eigenvalue weighted by atomic mass is 35.5. The predicted molar refractivity (Wildman–Crippen MR) is 92.7 cm³/mol. The van der Waals surface area contributed by atoms with Crippen LogP contribution in [0, 0.1) is 0 Å². The number of carbonyl (C=O) groups excluding carboxylic acids is 2. The van der Waals surface area contributed by atoms with Gasteiger partial charge in [0, 0.05) is 23.5 Å². The highest BCUT2D eigenvalue weighted by Crippen LogP contribution is 2.27. The molecule has 0 atom stereocenters. The minimum absolute atomic E-state index is 0.186. The van der Waals surface area contributed by atoms with Crippen molar-refractivity contribution in [3.05, 3.63) is 64.3 Å². The first-order valence-electron chi connectivity index (χ1n) is 6.85. The molecule has 0 aliphatic heterocycles. The molecule has 3 aromatic rings. The van der Waals surface area contributed by atoms with Gasteiger partial charge in [-0.15, -0.1) is 0 Å². The van der Waals surface area contributed by atoms with Gasteiger partial charge in [0.2, 0.25) is 5.91 Å². The van der Waals surface area contributed by atoms with Crippen molar-refractivity contribution < 1.29 is 9.59 Å². The first-order valence-corrected chi connectivity index (χ1v) is 7.60. The molecule has 1 amide bonds. The minimum Gasteiger partial charge on any atom is -0.321 e. The second kappa shape index (κ2) is 6.07. The van der Waals surface area contributed by atoms with E-state index >= 15 is 0 Å². The molecular weight excluding hydrogens is 335 g/mol. The molecule has 0 saturated heterocycles. The van der Waals surface area contributed by atoms with Gasteiger partial charge >= 0.3 is 0 Å². The van der Waals surface area contributed by atoms with Crippen LogP contribution in [0.3, 0.4) is 0 Å². The van der Waals surface area contributed by atoms with Crippen LogP contribution in [-0.2, 0) is 0 Å². The molecule has 2 aromatic carbocycles. The summed E-state index contributed by atoms with van der Waals surface area (Å²) in [5.74, 6) is -0.542. The SMILES string of the molecule is CC(=O)n1cc(C(=O)Nc2ccccc2Cl)c2cc(Cl)ccc21. The van der Waals surface area contributed by atoms with Gasteiger partial charge in [-0.2, -0.15) is 0 Å². The molecule has 23 heavy (non-hydrogen) atoms. The van der Waals surface area contributed by atoms with Crippen molar-refractivity contribution in [1.29, 1.82) is 0 Å². The third kappa shape index (κ3) is 2.96. The van der Waals surface area contributed by atoms with Crippen LogP contribution < -0.4 is 5.32 Å². The van der Waals surface area contributed by atoms with E-state index in [1.165, 1.54) is 17.7 Å². The Morgan fingerprint density at radius 1 is 1.09 bits per heavy atom. The number of aromatic nitrogens is 1. The Bertz CT molecular complexity index is 931. The molecule has 1 aromatic heterocycles. The van der Waals surface area contributed by atoms with Crippen LogP contribution >= 0.6 is 23.2 Å². The molecule has 0 aliphatic carbocycles. The highest BCUT2D eigenvalue weighted by molar-refractivity contribution is 6.34. The van der Waals surface area contributed by atoms with E-state index in [9.17, 15) is 9.59 Å². The smallest absolute Gasteiger partial charge is 0.257 e. The third-order valence-electron chi connectivity index (χ3n) is 3.47. The maximum Gasteiger partial charge on any atom is 0.257 e. The van der Waals surface area contributed by atoms with E-state index in [0.717, 1.165) is 0 Å². The summed E-state index contributed by atoms with van der Waals surface area (Å²) >= 11 is 12.1. The third-order valence-corrected chi connectivity index (χ3v) is 4.04. The van der Waals surface area contributed by atoms with E-state index < -0.39 is 0 Å². The first kappa shape index (κ1) is 15.6. The minimum atomic E-state index is -0.356. The zero-order valence-electron chi connectivity index (χ0n) is 12.1. The molecule has 116 valence electrons. The molecule has 0 spiro atoms. The fourth-order valence-electron chi connectivity index (χ4n) is 2.40. The molecule has 0 radical (unpaired) electrons. The van der Waals surface area contributed by atoms with Crippen LogP contribution in [0.5, 0.6) is 0 Å². The number of para-hydroxylation sites is 1. The number of anilines is 1. The summed E-state index contributed by atoms with van der Waals surface area (Å²) in [6, 6.07) is 12.0. The summed E-state index contributed by atoms with van der Waals surface area (Å²) in [6.45, 7) is 1.43. The monoisotopic (exact) mass is 346 g/mol. The molecule has 0 aliphatic rings. The fourth-order valence-corrected chi connectivity index (χ4v) is 2.75. The summed E-state index contributed by atoms with van der Waals surface area (Å²) in [7, 11) is 0. The number of amides is 1. The van der Waals surface area contributed by atoms with Crippen molar-refractivity contribution in [2.75, 3.05) is 5.32 Å². The predicted octanol–water partition coefficient (Wildman–Crippen LogP) is 4.86. The molecule has 1 heterocycles. The topological polar surface area (TPSA) is 51.1 Å². The van der Waals surface area contributed by atoms with Crippen LogP contribution in [0.25, 0.3) is 10.9 Å². The van der Waals surface area contributed by atoms with Gasteiger partial charge in [-0.1, -0.05) is 35.3 Å². The maximum atomic E-state index is 12.6. The van der Waals surface area contributed by atoms with Crippen LogP contribution in [-0.4, -0.2) is 16.4 Å². The summed E-state index contributed by atoms with van der Waals surface area (Å²) in [4.78, 5) is 24.4. The molecule has 3 rings (SSSR count). The van der Waals surface area contributed by atoms with Crippen molar-refractivity contribution in [3.63, 3.8) is 0 Å². The quantitative estimate of drug-likeness (QED) is 0.720. The summed E-state index contributed by atoms with van der Waals surface area (Å²) in [6.07, 6.45) is 1.51. The van der Waals surface area contributed by atoms with E-state index in [1.54, 1.807) is 42.5 Å². The normalized spacial score (nSPS) is 10.7. The number of hydrogen-bond acceptors (Lipinski definition) is 2. The zero-order valence-corrected chi connectivity index (χ0v) is 13.7. The average Bonchev–Trinajstić information content (AvgIpc) is 2.88. The van der Waals surface area contributed by atoms with E-state index in [4.69, 9.17) is 23.2 Å².